The molecule has 0 spiro atoms. The first-order valence-corrected chi connectivity index (χ1v) is 6.17. The zero-order valence-electron chi connectivity index (χ0n) is 11.1. The van der Waals surface area contributed by atoms with E-state index in [9.17, 15) is 4.79 Å². The molecule has 0 fully saturated rings. The molecule has 0 aliphatic heterocycles. The fourth-order valence-electron chi connectivity index (χ4n) is 1.86. The molecular weight excluding hydrogens is 226 g/mol. The Bertz CT molecular complexity index is 576. The summed E-state index contributed by atoms with van der Waals surface area (Å²) in [6.07, 6.45) is 1.07. The van der Waals surface area contributed by atoms with Crippen LogP contribution in [0.1, 0.15) is 42.8 Å². The summed E-state index contributed by atoms with van der Waals surface area (Å²) in [4.78, 5) is 12.0. The largest absolute Gasteiger partial charge is 0.453 e. The van der Waals surface area contributed by atoms with Gasteiger partial charge in [-0.05, 0) is 45.4 Å². The number of carbonyl (C=O) groups is 1. The lowest BCUT2D eigenvalue weighted by Crippen LogP contribution is -2.32. The third kappa shape index (κ3) is 2.99. The van der Waals surface area contributed by atoms with Crippen molar-refractivity contribution in [1.82, 2.24) is 0 Å². The number of benzene rings is 1. The number of aryl methyl sites for hydroxylation is 1. The van der Waals surface area contributed by atoms with Crippen LogP contribution in [0.4, 0.5) is 0 Å². The quantitative estimate of drug-likeness (QED) is 0.839. The Morgan fingerprint density at radius 2 is 2.06 bits per heavy atom. The van der Waals surface area contributed by atoms with E-state index in [4.69, 9.17) is 10.2 Å². The molecule has 2 rings (SSSR count). The first-order valence-electron chi connectivity index (χ1n) is 6.17. The molecule has 96 valence electrons. The molecule has 3 nitrogen and oxygen atoms in total. The summed E-state index contributed by atoms with van der Waals surface area (Å²) in [5.74, 6) is 0.447. The standard InChI is InChI=1S/C15H19NO2/c1-10-4-5-13-11(8-10)9-14(18-13)12(17)6-7-15(2,3)16/h4-5,8-9H,6-7,16H2,1-3H3. The smallest absolute Gasteiger partial charge is 0.198 e. The van der Waals surface area contributed by atoms with Crippen molar-refractivity contribution in [2.75, 3.05) is 0 Å². The van der Waals surface area contributed by atoms with Crippen LogP contribution in [0.2, 0.25) is 0 Å². The molecule has 1 aromatic heterocycles. The minimum absolute atomic E-state index is 0.0161. The third-order valence-corrected chi connectivity index (χ3v) is 2.94. The predicted molar refractivity (Wildman–Crippen MR) is 72.8 cm³/mol. The lowest BCUT2D eigenvalue weighted by Gasteiger charge is -2.16. The minimum atomic E-state index is -0.321. The average molecular weight is 245 g/mol. The first kappa shape index (κ1) is 12.8. The molecule has 3 heteroatoms. The van der Waals surface area contributed by atoms with Gasteiger partial charge in [0.25, 0.3) is 0 Å². The minimum Gasteiger partial charge on any atom is -0.453 e. The van der Waals surface area contributed by atoms with E-state index in [1.165, 1.54) is 0 Å². The van der Waals surface area contributed by atoms with E-state index in [0.717, 1.165) is 16.5 Å². The molecule has 2 aromatic rings. The van der Waals surface area contributed by atoms with Gasteiger partial charge in [0, 0.05) is 17.3 Å². The van der Waals surface area contributed by atoms with Crippen LogP contribution in [0.15, 0.2) is 28.7 Å². The van der Waals surface area contributed by atoms with Gasteiger partial charge in [0.1, 0.15) is 5.58 Å². The lowest BCUT2D eigenvalue weighted by molar-refractivity contribution is 0.0948. The molecule has 1 heterocycles. The van der Waals surface area contributed by atoms with Crippen molar-refractivity contribution < 1.29 is 9.21 Å². The molecule has 0 amide bonds. The molecule has 0 saturated carbocycles. The van der Waals surface area contributed by atoms with Gasteiger partial charge in [0.05, 0.1) is 0 Å². The Balaban J connectivity index is 2.18. The molecule has 0 bridgehead atoms. The van der Waals surface area contributed by atoms with E-state index in [2.05, 4.69) is 0 Å². The van der Waals surface area contributed by atoms with E-state index in [1.54, 1.807) is 0 Å². The summed E-state index contributed by atoms with van der Waals surface area (Å²) in [5, 5.41) is 0.977. The zero-order chi connectivity index (χ0) is 13.3. The van der Waals surface area contributed by atoms with Gasteiger partial charge >= 0.3 is 0 Å². The molecule has 0 unspecified atom stereocenters. The molecule has 0 aliphatic carbocycles. The van der Waals surface area contributed by atoms with Crippen molar-refractivity contribution in [1.29, 1.82) is 0 Å². The number of ketones is 1. The van der Waals surface area contributed by atoms with Crippen molar-refractivity contribution in [3.05, 3.63) is 35.6 Å². The molecule has 0 atom stereocenters. The summed E-state index contributed by atoms with van der Waals surface area (Å²) < 4.78 is 5.56. The van der Waals surface area contributed by atoms with Crippen LogP contribution in [0.25, 0.3) is 11.0 Å². The molecule has 2 N–H and O–H groups in total. The van der Waals surface area contributed by atoms with Gasteiger partial charge < -0.3 is 10.2 Å². The monoisotopic (exact) mass is 245 g/mol. The molecular formula is C15H19NO2. The predicted octanol–water partition coefficient (Wildman–Crippen LogP) is 3.44. The summed E-state index contributed by atoms with van der Waals surface area (Å²) in [5.41, 5.74) is 7.47. The van der Waals surface area contributed by atoms with Crippen molar-refractivity contribution in [3.63, 3.8) is 0 Å². The van der Waals surface area contributed by atoms with E-state index in [1.807, 2.05) is 45.0 Å². The summed E-state index contributed by atoms with van der Waals surface area (Å²) in [6, 6.07) is 7.70. The Kier molecular flexibility index (Phi) is 3.26. The number of rotatable bonds is 4. The van der Waals surface area contributed by atoms with Gasteiger partial charge in [-0.25, -0.2) is 0 Å². The number of furan rings is 1. The van der Waals surface area contributed by atoms with Crippen LogP contribution in [-0.4, -0.2) is 11.3 Å². The second-order valence-electron chi connectivity index (χ2n) is 5.56. The molecule has 0 aliphatic rings. The number of Topliss-reactive ketones (excluding diaryl/α,β-unsaturated/α-hetero) is 1. The molecule has 0 saturated heterocycles. The second-order valence-corrected chi connectivity index (χ2v) is 5.56. The molecule has 0 radical (unpaired) electrons. The highest BCUT2D eigenvalue weighted by atomic mass is 16.3. The van der Waals surface area contributed by atoms with E-state index < -0.39 is 0 Å². The normalized spacial score (nSPS) is 12.0. The van der Waals surface area contributed by atoms with Crippen LogP contribution < -0.4 is 5.73 Å². The number of fused-ring (bicyclic) bond motifs is 1. The maximum absolute atomic E-state index is 12.0. The highest BCUT2D eigenvalue weighted by molar-refractivity contribution is 5.97. The summed E-state index contributed by atoms with van der Waals surface area (Å²) >= 11 is 0. The molecule has 1 aromatic carbocycles. The average Bonchev–Trinajstić information content (AvgIpc) is 2.67. The highest BCUT2D eigenvalue weighted by Gasteiger charge is 2.17. The zero-order valence-corrected chi connectivity index (χ0v) is 11.1. The van der Waals surface area contributed by atoms with E-state index in [-0.39, 0.29) is 11.3 Å². The van der Waals surface area contributed by atoms with Crippen molar-refractivity contribution in [2.45, 2.75) is 39.2 Å². The van der Waals surface area contributed by atoms with Crippen molar-refractivity contribution >= 4 is 16.8 Å². The molecule has 18 heavy (non-hydrogen) atoms. The van der Waals surface area contributed by atoms with Crippen LogP contribution >= 0.6 is 0 Å². The number of nitrogens with two attached hydrogens (primary N) is 1. The lowest BCUT2D eigenvalue weighted by atomic mass is 9.98. The van der Waals surface area contributed by atoms with Crippen molar-refractivity contribution in [2.24, 2.45) is 5.73 Å². The van der Waals surface area contributed by atoms with E-state index in [0.29, 0.717) is 18.6 Å². The topological polar surface area (TPSA) is 56.2 Å². The van der Waals surface area contributed by atoms with Gasteiger partial charge in [-0.1, -0.05) is 11.6 Å². The van der Waals surface area contributed by atoms with Crippen LogP contribution in [0.3, 0.4) is 0 Å². The van der Waals surface area contributed by atoms with Gasteiger partial charge in [0.15, 0.2) is 11.5 Å². The first-order chi connectivity index (χ1) is 8.35. The number of hydrogen-bond acceptors (Lipinski definition) is 3. The Morgan fingerprint density at radius 1 is 1.33 bits per heavy atom. The Labute approximate surface area is 107 Å². The SMILES string of the molecule is Cc1ccc2oc(C(=O)CCC(C)(C)N)cc2c1. The third-order valence-electron chi connectivity index (χ3n) is 2.94. The number of hydrogen-bond donors (Lipinski definition) is 1. The fourth-order valence-corrected chi connectivity index (χ4v) is 1.86. The van der Waals surface area contributed by atoms with Gasteiger partial charge in [0.2, 0.25) is 0 Å². The van der Waals surface area contributed by atoms with Crippen LogP contribution in [-0.2, 0) is 0 Å². The Hall–Kier alpha value is -1.61. The van der Waals surface area contributed by atoms with Crippen molar-refractivity contribution in [3.8, 4) is 0 Å². The van der Waals surface area contributed by atoms with Gasteiger partial charge in [-0.2, -0.15) is 0 Å². The fraction of sp³-hybridized carbons (Fsp3) is 0.400. The number of carbonyl (C=O) groups excluding carboxylic acids is 1. The summed E-state index contributed by atoms with van der Waals surface area (Å²) in [6.45, 7) is 5.86. The maximum Gasteiger partial charge on any atom is 0.198 e. The maximum atomic E-state index is 12.0. The van der Waals surface area contributed by atoms with Gasteiger partial charge in [-0.3, -0.25) is 4.79 Å². The van der Waals surface area contributed by atoms with Crippen LogP contribution in [0, 0.1) is 6.92 Å². The summed E-state index contributed by atoms with van der Waals surface area (Å²) in [7, 11) is 0. The van der Waals surface area contributed by atoms with Gasteiger partial charge in [-0.15, -0.1) is 0 Å². The Morgan fingerprint density at radius 3 is 2.72 bits per heavy atom. The van der Waals surface area contributed by atoms with Crippen LogP contribution in [0.5, 0.6) is 0 Å². The second kappa shape index (κ2) is 4.58. The van der Waals surface area contributed by atoms with E-state index >= 15 is 0 Å². The highest BCUT2D eigenvalue weighted by Crippen LogP contribution is 2.22.